The monoisotopic (exact) mass is 326 g/mol. The van der Waals surface area contributed by atoms with Gasteiger partial charge in [0, 0.05) is 12.1 Å². The predicted octanol–water partition coefficient (Wildman–Crippen LogP) is 2.66. The van der Waals surface area contributed by atoms with Gasteiger partial charge in [0.15, 0.2) is 0 Å². The highest BCUT2D eigenvalue weighted by Gasteiger charge is 2.43. The van der Waals surface area contributed by atoms with Crippen molar-refractivity contribution in [2.75, 3.05) is 34.3 Å². The van der Waals surface area contributed by atoms with Crippen molar-refractivity contribution in [1.82, 2.24) is 0 Å². The molecule has 3 heteroatoms. The van der Waals surface area contributed by atoms with Gasteiger partial charge in [0.05, 0.1) is 34.3 Å². The van der Waals surface area contributed by atoms with E-state index in [-0.39, 0.29) is 0 Å². The molecule has 2 aromatic carbocycles. The third-order valence-corrected chi connectivity index (χ3v) is 10.6. The first kappa shape index (κ1) is 16.3. The Morgan fingerprint density at radius 2 is 1.30 bits per heavy atom. The molecule has 3 rings (SSSR count). The van der Waals surface area contributed by atoms with Gasteiger partial charge in [-0.15, -0.1) is 0 Å². The summed E-state index contributed by atoms with van der Waals surface area (Å²) < 4.78 is 6.51. The number of methoxy groups -OCH3 is 1. The standard InChI is InChI=1S/C20H28NOSi/c1-17-5-9-19(10-6-17)23(15-13-21(2,3)14-16-23)20-11-7-18(22-4)8-12-20/h5-12H,13-16H2,1-4H3/q+1. The lowest BCUT2D eigenvalue weighted by atomic mass is 10.2. The molecule has 0 unspecified atom stereocenters. The summed E-state index contributed by atoms with van der Waals surface area (Å²) in [5.41, 5.74) is 1.35. The van der Waals surface area contributed by atoms with E-state index in [0.29, 0.717) is 0 Å². The van der Waals surface area contributed by atoms with Crippen LogP contribution in [0.15, 0.2) is 48.5 Å². The van der Waals surface area contributed by atoms with Gasteiger partial charge < -0.3 is 9.22 Å². The summed E-state index contributed by atoms with van der Waals surface area (Å²) in [6.07, 6.45) is 0. The Morgan fingerprint density at radius 1 is 0.826 bits per heavy atom. The van der Waals surface area contributed by atoms with Gasteiger partial charge in [-0.25, -0.2) is 0 Å². The molecule has 0 saturated carbocycles. The number of hydrogen-bond donors (Lipinski definition) is 0. The zero-order valence-corrected chi connectivity index (χ0v) is 15.8. The molecule has 0 N–H and O–H groups in total. The van der Waals surface area contributed by atoms with Crippen molar-refractivity contribution in [2.24, 2.45) is 0 Å². The molecule has 0 aromatic heterocycles. The number of aryl methyl sites for hydroxylation is 1. The Balaban J connectivity index is 2.04. The molecule has 1 saturated heterocycles. The predicted molar refractivity (Wildman–Crippen MR) is 101 cm³/mol. The largest absolute Gasteiger partial charge is 0.497 e. The van der Waals surface area contributed by atoms with Crippen LogP contribution in [0.5, 0.6) is 5.75 Å². The highest BCUT2D eigenvalue weighted by molar-refractivity contribution is 7.02. The molecule has 23 heavy (non-hydrogen) atoms. The molecule has 1 fully saturated rings. The second-order valence-corrected chi connectivity index (χ2v) is 11.9. The average molecular weight is 327 g/mol. The number of quaternary nitrogens is 1. The van der Waals surface area contributed by atoms with Crippen LogP contribution < -0.4 is 15.1 Å². The number of ether oxygens (including phenoxy) is 1. The second kappa shape index (κ2) is 6.14. The molecule has 2 nitrogen and oxygen atoms in total. The lowest BCUT2D eigenvalue weighted by molar-refractivity contribution is -0.888. The first-order valence-electron chi connectivity index (χ1n) is 8.49. The first-order chi connectivity index (χ1) is 11.0. The highest BCUT2D eigenvalue weighted by Crippen LogP contribution is 2.26. The maximum Gasteiger partial charge on any atom is 0.129 e. The van der Waals surface area contributed by atoms with Gasteiger partial charge in [0.1, 0.15) is 13.8 Å². The third kappa shape index (κ3) is 3.21. The van der Waals surface area contributed by atoms with Crippen molar-refractivity contribution < 1.29 is 9.22 Å². The van der Waals surface area contributed by atoms with Crippen LogP contribution in [0.1, 0.15) is 5.56 Å². The van der Waals surface area contributed by atoms with Gasteiger partial charge in [0.25, 0.3) is 0 Å². The summed E-state index contributed by atoms with van der Waals surface area (Å²) in [6.45, 7) is 4.71. The maximum atomic E-state index is 5.36. The van der Waals surface area contributed by atoms with Gasteiger partial charge in [0.2, 0.25) is 0 Å². The van der Waals surface area contributed by atoms with Crippen LogP contribution in [0.25, 0.3) is 0 Å². The van der Waals surface area contributed by atoms with Crippen LogP contribution in [0, 0.1) is 6.92 Å². The topological polar surface area (TPSA) is 9.23 Å². The van der Waals surface area contributed by atoms with Gasteiger partial charge in [-0.1, -0.05) is 52.3 Å². The Labute approximate surface area is 141 Å². The van der Waals surface area contributed by atoms with Crippen molar-refractivity contribution >= 4 is 18.4 Å². The SMILES string of the molecule is COc1ccc([Si]2(c3ccc(C)cc3)CC[N+](C)(C)CC2)cc1. The number of benzene rings is 2. The lowest BCUT2D eigenvalue weighted by Gasteiger charge is -2.44. The van der Waals surface area contributed by atoms with E-state index in [1.807, 2.05) is 0 Å². The highest BCUT2D eigenvalue weighted by atomic mass is 28.3. The Hall–Kier alpha value is -1.58. The van der Waals surface area contributed by atoms with Gasteiger partial charge in [-0.3, -0.25) is 0 Å². The van der Waals surface area contributed by atoms with E-state index < -0.39 is 8.07 Å². The molecule has 1 heterocycles. The van der Waals surface area contributed by atoms with Gasteiger partial charge in [-0.2, -0.15) is 0 Å². The van der Waals surface area contributed by atoms with Gasteiger partial charge in [-0.05, 0) is 19.1 Å². The molecule has 0 spiro atoms. The van der Waals surface area contributed by atoms with E-state index in [4.69, 9.17) is 4.74 Å². The van der Waals surface area contributed by atoms with E-state index in [1.54, 1.807) is 17.5 Å². The van der Waals surface area contributed by atoms with Crippen LogP contribution in [0.4, 0.5) is 0 Å². The Kier molecular flexibility index (Phi) is 4.34. The summed E-state index contributed by atoms with van der Waals surface area (Å²) in [5.74, 6) is 0.953. The molecule has 0 radical (unpaired) electrons. The van der Waals surface area contributed by atoms with E-state index in [0.717, 1.165) is 10.2 Å². The Morgan fingerprint density at radius 3 is 1.78 bits per heavy atom. The van der Waals surface area contributed by atoms with Crippen molar-refractivity contribution in [3.63, 3.8) is 0 Å². The Bertz CT molecular complexity index is 651. The summed E-state index contributed by atoms with van der Waals surface area (Å²) >= 11 is 0. The molecule has 1 aliphatic rings. The van der Waals surface area contributed by atoms with Crippen molar-refractivity contribution in [3.8, 4) is 5.75 Å². The van der Waals surface area contributed by atoms with E-state index in [9.17, 15) is 0 Å². The second-order valence-electron chi connectivity index (χ2n) is 7.56. The quantitative estimate of drug-likeness (QED) is 0.622. The summed E-state index contributed by atoms with van der Waals surface area (Å²) in [5, 5.41) is 3.15. The molecule has 0 atom stereocenters. The molecular formula is C20H28NOSi+. The van der Waals surface area contributed by atoms with Crippen LogP contribution in [-0.2, 0) is 0 Å². The molecule has 122 valence electrons. The zero-order valence-electron chi connectivity index (χ0n) is 14.8. The van der Waals surface area contributed by atoms with Crippen LogP contribution >= 0.6 is 0 Å². The molecule has 0 aliphatic carbocycles. The van der Waals surface area contributed by atoms with E-state index in [2.05, 4.69) is 69.6 Å². The minimum atomic E-state index is -1.65. The minimum Gasteiger partial charge on any atom is -0.497 e. The summed E-state index contributed by atoms with van der Waals surface area (Å²) in [7, 11) is 4.81. The normalized spacial score (nSPS) is 19.3. The van der Waals surface area contributed by atoms with Crippen molar-refractivity contribution in [1.29, 1.82) is 0 Å². The average Bonchev–Trinajstić information content (AvgIpc) is 2.56. The first-order valence-corrected chi connectivity index (χ1v) is 10.9. The number of hydrogen-bond acceptors (Lipinski definition) is 1. The van der Waals surface area contributed by atoms with Crippen molar-refractivity contribution in [2.45, 2.75) is 19.0 Å². The van der Waals surface area contributed by atoms with Crippen LogP contribution in [0.3, 0.4) is 0 Å². The van der Waals surface area contributed by atoms with Crippen molar-refractivity contribution in [3.05, 3.63) is 54.1 Å². The molecule has 0 bridgehead atoms. The lowest BCUT2D eigenvalue weighted by Crippen LogP contribution is -2.65. The molecule has 1 aliphatic heterocycles. The summed E-state index contributed by atoms with van der Waals surface area (Å²) in [4.78, 5) is 0. The number of rotatable bonds is 3. The minimum absolute atomic E-state index is 0.953. The van der Waals surface area contributed by atoms with E-state index >= 15 is 0 Å². The fourth-order valence-corrected chi connectivity index (χ4v) is 9.07. The molecule has 0 amide bonds. The number of nitrogens with zero attached hydrogens (tertiary/aromatic N) is 1. The van der Waals surface area contributed by atoms with Crippen LogP contribution in [0.2, 0.25) is 12.1 Å². The zero-order chi connectivity index (χ0) is 16.5. The third-order valence-electron chi connectivity index (χ3n) is 5.53. The summed E-state index contributed by atoms with van der Waals surface area (Å²) in [6, 6.07) is 20.9. The molecular weight excluding hydrogens is 298 g/mol. The fraction of sp³-hybridized carbons (Fsp3) is 0.400. The molecule has 2 aromatic rings. The van der Waals surface area contributed by atoms with E-state index in [1.165, 1.54) is 30.7 Å². The van der Waals surface area contributed by atoms with Gasteiger partial charge >= 0.3 is 0 Å². The smallest absolute Gasteiger partial charge is 0.129 e. The fourth-order valence-electron chi connectivity index (χ4n) is 3.75. The maximum absolute atomic E-state index is 5.36. The van der Waals surface area contributed by atoms with Crippen LogP contribution in [-0.4, -0.2) is 46.9 Å².